The van der Waals surface area contributed by atoms with Crippen LogP contribution in [0.1, 0.15) is 15.9 Å². The van der Waals surface area contributed by atoms with Crippen molar-refractivity contribution >= 4 is 32.7 Å². The number of esters is 1. The van der Waals surface area contributed by atoms with E-state index < -0.39 is 0 Å². The van der Waals surface area contributed by atoms with E-state index in [2.05, 4.69) is 15.9 Å². The lowest BCUT2D eigenvalue weighted by Crippen LogP contribution is -2.01. The third-order valence-corrected chi connectivity index (χ3v) is 3.04. The minimum absolute atomic E-state index is 0.298. The molecule has 0 aliphatic carbocycles. The van der Waals surface area contributed by atoms with Crippen molar-refractivity contribution < 1.29 is 9.53 Å². The van der Waals surface area contributed by atoms with Gasteiger partial charge in [-0.15, -0.1) is 0 Å². The Morgan fingerprint density at radius 3 is 2.69 bits per heavy atom. The largest absolute Gasteiger partial charge is 0.465 e. The monoisotopic (exact) mass is 278 g/mol. The van der Waals surface area contributed by atoms with E-state index in [0.29, 0.717) is 5.56 Å². The van der Waals surface area contributed by atoms with E-state index in [1.165, 1.54) is 7.11 Å². The van der Waals surface area contributed by atoms with E-state index in [1.807, 2.05) is 37.3 Å². The van der Waals surface area contributed by atoms with Gasteiger partial charge in [0.05, 0.1) is 12.7 Å². The first-order chi connectivity index (χ1) is 7.61. The molecular formula is C13H11BrO2. The summed E-state index contributed by atoms with van der Waals surface area (Å²) in [6.07, 6.45) is 0. The number of carbonyl (C=O) groups is 1. The van der Waals surface area contributed by atoms with E-state index >= 15 is 0 Å². The Labute approximate surface area is 102 Å². The van der Waals surface area contributed by atoms with Crippen molar-refractivity contribution in [1.29, 1.82) is 0 Å². The van der Waals surface area contributed by atoms with Gasteiger partial charge in [-0.2, -0.15) is 0 Å². The maximum atomic E-state index is 11.4. The maximum Gasteiger partial charge on any atom is 0.337 e. The normalized spacial score (nSPS) is 10.4. The van der Waals surface area contributed by atoms with Gasteiger partial charge < -0.3 is 4.74 Å². The highest BCUT2D eigenvalue weighted by molar-refractivity contribution is 9.10. The molecule has 0 unspecified atom stereocenters. The van der Waals surface area contributed by atoms with E-state index in [-0.39, 0.29) is 5.97 Å². The number of aryl methyl sites for hydroxylation is 1. The Morgan fingerprint density at radius 2 is 2.00 bits per heavy atom. The second-order valence-corrected chi connectivity index (χ2v) is 4.57. The van der Waals surface area contributed by atoms with E-state index in [1.54, 1.807) is 0 Å². The van der Waals surface area contributed by atoms with Crippen LogP contribution in [0.2, 0.25) is 0 Å². The van der Waals surface area contributed by atoms with Crippen LogP contribution >= 0.6 is 15.9 Å². The van der Waals surface area contributed by atoms with Crippen LogP contribution in [0.5, 0.6) is 0 Å². The first-order valence-corrected chi connectivity index (χ1v) is 5.69. The summed E-state index contributed by atoms with van der Waals surface area (Å²) in [6.45, 7) is 1.99. The lowest BCUT2D eigenvalue weighted by molar-refractivity contribution is 0.0601. The number of fused-ring (bicyclic) bond motifs is 1. The lowest BCUT2D eigenvalue weighted by atomic mass is 10.0. The molecule has 2 rings (SSSR count). The second-order valence-electron chi connectivity index (χ2n) is 3.65. The van der Waals surface area contributed by atoms with Gasteiger partial charge in [0.25, 0.3) is 0 Å². The summed E-state index contributed by atoms with van der Waals surface area (Å²) in [5.74, 6) is -0.298. The predicted molar refractivity (Wildman–Crippen MR) is 67.7 cm³/mol. The molecule has 0 heterocycles. The number of halogens is 1. The molecular weight excluding hydrogens is 268 g/mol. The summed E-state index contributed by atoms with van der Waals surface area (Å²) < 4.78 is 5.75. The van der Waals surface area contributed by atoms with E-state index in [0.717, 1.165) is 20.8 Å². The molecule has 0 saturated heterocycles. The molecule has 0 spiro atoms. The van der Waals surface area contributed by atoms with Crippen LogP contribution in [0.15, 0.2) is 34.8 Å². The van der Waals surface area contributed by atoms with Gasteiger partial charge in [-0.05, 0) is 47.5 Å². The Hall–Kier alpha value is -1.35. The number of hydrogen-bond donors (Lipinski definition) is 0. The number of carbonyl (C=O) groups excluding carboxylic acids is 1. The Kier molecular flexibility index (Phi) is 2.97. The fraction of sp³-hybridized carbons (Fsp3) is 0.154. The Balaban J connectivity index is 2.68. The quantitative estimate of drug-likeness (QED) is 0.744. The lowest BCUT2D eigenvalue weighted by Gasteiger charge is -2.06. The molecule has 0 fully saturated rings. The number of rotatable bonds is 1. The van der Waals surface area contributed by atoms with Gasteiger partial charge in [0.1, 0.15) is 0 Å². The molecule has 0 atom stereocenters. The first kappa shape index (κ1) is 11.1. The summed E-state index contributed by atoms with van der Waals surface area (Å²) in [5, 5.41) is 2.19. The predicted octanol–water partition coefficient (Wildman–Crippen LogP) is 3.70. The molecule has 0 aliphatic rings. The summed E-state index contributed by atoms with van der Waals surface area (Å²) >= 11 is 3.44. The molecule has 2 nitrogen and oxygen atoms in total. The summed E-state index contributed by atoms with van der Waals surface area (Å²) in [4.78, 5) is 11.4. The SMILES string of the molecule is COC(=O)c1cc(C)c2cc(Br)ccc2c1. The zero-order chi connectivity index (χ0) is 11.7. The molecule has 82 valence electrons. The van der Waals surface area contributed by atoms with Crippen LogP contribution in [0.25, 0.3) is 10.8 Å². The molecule has 0 bridgehead atoms. The van der Waals surface area contributed by atoms with Crippen molar-refractivity contribution in [2.24, 2.45) is 0 Å². The van der Waals surface area contributed by atoms with Crippen molar-refractivity contribution in [3.05, 3.63) is 45.9 Å². The van der Waals surface area contributed by atoms with Gasteiger partial charge in [0.15, 0.2) is 0 Å². The highest BCUT2D eigenvalue weighted by Crippen LogP contribution is 2.24. The number of methoxy groups -OCH3 is 1. The molecule has 0 saturated carbocycles. The molecule has 0 N–H and O–H groups in total. The molecule has 0 radical (unpaired) electrons. The van der Waals surface area contributed by atoms with Crippen molar-refractivity contribution in [1.82, 2.24) is 0 Å². The van der Waals surface area contributed by atoms with Crippen molar-refractivity contribution in [3.63, 3.8) is 0 Å². The molecule has 0 aliphatic heterocycles. The highest BCUT2D eigenvalue weighted by Gasteiger charge is 2.08. The molecule has 0 amide bonds. The van der Waals surface area contributed by atoms with Crippen LogP contribution in [0, 0.1) is 6.92 Å². The van der Waals surface area contributed by atoms with Gasteiger partial charge in [0.2, 0.25) is 0 Å². The van der Waals surface area contributed by atoms with Gasteiger partial charge >= 0.3 is 5.97 Å². The molecule has 3 heteroatoms. The van der Waals surface area contributed by atoms with Crippen LogP contribution in [0.4, 0.5) is 0 Å². The Morgan fingerprint density at radius 1 is 1.25 bits per heavy atom. The first-order valence-electron chi connectivity index (χ1n) is 4.90. The third kappa shape index (κ3) is 1.95. The fourth-order valence-corrected chi connectivity index (χ4v) is 2.11. The standard InChI is InChI=1S/C13H11BrO2/c1-8-5-10(13(15)16-2)6-9-3-4-11(14)7-12(8)9/h3-7H,1-2H3. The average molecular weight is 279 g/mol. The molecule has 0 aromatic heterocycles. The van der Waals surface area contributed by atoms with Crippen molar-refractivity contribution in [3.8, 4) is 0 Å². The summed E-state index contributed by atoms with van der Waals surface area (Å²) in [6, 6.07) is 9.69. The average Bonchev–Trinajstić information content (AvgIpc) is 2.28. The minimum atomic E-state index is -0.298. The van der Waals surface area contributed by atoms with Crippen LogP contribution in [-0.4, -0.2) is 13.1 Å². The maximum absolute atomic E-state index is 11.4. The smallest absolute Gasteiger partial charge is 0.337 e. The van der Waals surface area contributed by atoms with E-state index in [4.69, 9.17) is 4.74 Å². The van der Waals surface area contributed by atoms with Crippen LogP contribution < -0.4 is 0 Å². The topological polar surface area (TPSA) is 26.3 Å². The van der Waals surface area contributed by atoms with Crippen molar-refractivity contribution in [2.45, 2.75) is 6.92 Å². The van der Waals surface area contributed by atoms with Gasteiger partial charge in [-0.3, -0.25) is 0 Å². The number of hydrogen-bond acceptors (Lipinski definition) is 2. The van der Waals surface area contributed by atoms with Crippen LogP contribution in [0.3, 0.4) is 0 Å². The highest BCUT2D eigenvalue weighted by atomic mass is 79.9. The van der Waals surface area contributed by atoms with Crippen LogP contribution in [-0.2, 0) is 4.74 Å². The third-order valence-electron chi connectivity index (χ3n) is 2.54. The molecule has 2 aromatic carbocycles. The zero-order valence-electron chi connectivity index (χ0n) is 9.08. The summed E-state index contributed by atoms with van der Waals surface area (Å²) in [7, 11) is 1.39. The number of ether oxygens (including phenoxy) is 1. The molecule has 16 heavy (non-hydrogen) atoms. The zero-order valence-corrected chi connectivity index (χ0v) is 10.7. The van der Waals surface area contributed by atoms with Gasteiger partial charge in [-0.25, -0.2) is 4.79 Å². The van der Waals surface area contributed by atoms with Crippen molar-refractivity contribution in [2.75, 3.05) is 7.11 Å². The van der Waals surface area contributed by atoms with Gasteiger partial charge in [0, 0.05) is 4.47 Å². The molecule has 2 aromatic rings. The minimum Gasteiger partial charge on any atom is -0.465 e. The van der Waals surface area contributed by atoms with E-state index in [9.17, 15) is 4.79 Å². The van der Waals surface area contributed by atoms with Gasteiger partial charge in [-0.1, -0.05) is 22.0 Å². The fourth-order valence-electron chi connectivity index (χ4n) is 1.75. The second kappa shape index (κ2) is 4.26. The number of benzene rings is 2. The Bertz CT molecular complexity index is 561. The summed E-state index contributed by atoms with van der Waals surface area (Å²) in [5.41, 5.74) is 1.66.